The van der Waals surface area contributed by atoms with Gasteiger partial charge in [-0.15, -0.1) is 0 Å². The third-order valence-electron chi connectivity index (χ3n) is 3.26. The molecule has 1 N–H and O–H groups in total. The highest BCUT2D eigenvalue weighted by molar-refractivity contribution is 4.89. The van der Waals surface area contributed by atoms with Crippen LogP contribution in [0.1, 0.15) is 25.7 Å². The summed E-state index contributed by atoms with van der Waals surface area (Å²) in [5.41, 5.74) is 0. The molecule has 2 fully saturated rings. The molecule has 0 amide bonds. The van der Waals surface area contributed by atoms with Gasteiger partial charge in [0.25, 0.3) is 5.92 Å². The highest BCUT2D eigenvalue weighted by atomic mass is 19.3. The Morgan fingerprint density at radius 2 is 1.87 bits per heavy atom. The topological polar surface area (TPSA) is 26.7 Å². The second-order valence-corrected chi connectivity index (χ2v) is 4.51. The Bertz CT molecular complexity index is 219. The van der Waals surface area contributed by atoms with Crippen molar-refractivity contribution in [1.29, 1.82) is 0 Å². The molecule has 2 aliphatic rings. The number of aliphatic hydroxyl groups excluding tert-OH is 1. The molecule has 0 aromatic carbocycles. The zero-order valence-electron chi connectivity index (χ0n) is 8.83. The Morgan fingerprint density at radius 1 is 1.20 bits per heavy atom. The van der Waals surface area contributed by atoms with Crippen LogP contribution in [0.3, 0.4) is 0 Å². The lowest BCUT2D eigenvalue weighted by atomic mass is 10.1. The molecule has 2 aliphatic heterocycles. The zero-order valence-corrected chi connectivity index (χ0v) is 8.83. The van der Waals surface area contributed by atoms with Crippen LogP contribution < -0.4 is 0 Å². The summed E-state index contributed by atoms with van der Waals surface area (Å²) < 4.78 is 26.4. The van der Waals surface area contributed by atoms with E-state index in [0.717, 1.165) is 25.9 Å². The summed E-state index contributed by atoms with van der Waals surface area (Å²) in [6, 6.07) is -0.391. The molecule has 0 radical (unpaired) electrons. The number of halogens is 2. The Hall–Kier alpha value is -0.260. The predicted octanol–water partition coefficient (Wildman–Crippen LogP) is 1.09. The highest BCUT2D eigenvalue weighted by Gasteiger charge is 2.46. The summed E-state index contributed by atoms with van der Waals surface area (Å²) in [4.78, 5) is 0. The van der Waals surface area contributed by atoms with Crippen LogP contribution >= 0.6 is 0 Å². The molecule has 15 heavy (non-hydrogen) atoms. The minimum atomic E-state index is -2.63. The Morgan fingerprint density at radius 3 is 2.47 bits per heavy atom. The molecule has 5 heteroatoms. The lowest BCUT2D eigenvalue weighted by Crippen LogP contribution is -2.49. The van der Waals surface area contributed by atoms with Crippen molar-refractivity contribution in [2.24, 2.45) is 0 Å². The smallest absolute Gasteiger partial charge is 0.263 e. The molecule has 1 atom stereocenters. The van der Waals surface area contributed by atoms with Crippen LogP contribution in [0.4, 0.5) is 8.78 Å². The largest absolute Gasteiger partial charge is 0.395 e. The molecular formula is C10H18F2N2O. The van der Waals surface area contributed by atoms with Gasteiger partial charge in [-0.3, -0.25) is 0 Å². The van der Waals surface area contributed by atoms with Crippen molar-refractivity contribution in [3.8, 4) is 0 Å². The van der Waals surface area contributed by atoms with Crippen LogP contribution in [-0.4, -0.2) is 53.3 Å². The average molecular weight is 220 g/mol. The molecule has 3 nitrogen and oxygen atoms in total. The lowest BCUT2D eigenvalue weighted by molar-refractivity contribution is -0.0795. The first kappa shape index (κ1) is 11.2. The summed E-state index contributed by atoms with van der Waals surface area (Å²) in [5.74, 6) is -2.63. The van der Waals surface area contributed by atoms with Crippen LogP contribution in [0.5, 0.6) is 0 Å². The van der Waals surface area contributed by atoms with Crippen molar-refractivity contribution < 1.29 is 13.9 Å². The zero-order chi connectivity index (χ0) is 10.9. The third kappa shape index (κ3) is 2.46. The van der Waals surface area contributed by atoms with Crippen LogP contribution in [0, 0.1) is 0 Å². The van der Waals surface area contributed by atoms with E-state index >= 15 is 0 Å². The molecule has 0 unspecified atom stereocenters. The number of alkyl halides is 2. The molecule has 0 aliphatic carbocycles. The van der Waals surface area contributed by atoms with E-state index in [1.165, 1.54) is 6.42 Å². The van der Waals surface area contributed by atoms with E-state index < -0.39 is 12.0 Å². The average Bonchev–Trinajstić information content (AvgIpc) is 2.55. The normalized spacial score (nSPS) is 33.4. The maximum Gasteiger partial charge on any atom is 0.263 e. The van der Waals surface area contributed by atoms with E-state index in [1.807, 2.05) is 5.01 Å². The van der Waals surface area contributed by atoms with Crippen molar-refractivity contribution in [3.05, 3.63) is 0 Å². The van der Waals surface area contributed by atoms with E-state index in [-0.39, 0.29) is 19.6 Å². The van der Waals surface area contributed by atoms with E-state index in [2.05, 4.69) is 0 Å². The summed E-state index contributed by atoms with van der Waals surface area (Å²) >= 11 is 0. The number of hydrogen-bond acceptors (Lipinski definition) is 3. The first-order valence-electron chi connectivity index (χ1n) is 5.62. The Kier molecular flexibility index (Phi) is 3.23. The number of rotatable bonds is 2. The van der Waals surface area contributed by atoms with Gasteiger partial charge in [0.2, 0.25) is 0 Å². The molecule has 0 aromatic heterocycles. The minimum Gasteiger partial charge on any atom is -0.395 e. The molecule has 2 heterocycles. The van der Waals surface area contributed by atoms with Crippen molar-refractivity contribution >= 4 is 0 Å². The SMILES string of the molecule is OC[C@H]1CC(F)(F)CN1N1CCCCC1. The van der Waals surface area contributed by atoms with Gasteiger partial charge in [0, 0.05) is 19.5 Å². The predicted molar refractivity (Wildman–Crippen MR) is 52.6 cm³/mol. The number of piperidine rings is 1. The first-order valence-corrected chi connectivity index (χ1v) is 5.62. The van der Waals surface area contributed by atoms with E-state index in [9.17, 15) is 8.78 Å². The maximum atomic E-state index is 13.2. The summed E-state index contributed by atoms with van der Waals surface area (Å²) in [6.45, 7) is 1.31. The Labute approximate surface area is 88.6 Å². The van der Waals surface area contributed by atoms with Gasteiger partial charge in [-0.2, -0.15) is 0 Å². The minimum absolute atomic E-state index is 0.175. The summed E-state index contributed by atoms with van der Waals surface area (Å²) in [7, 11) is 0. The monoisotopic (exact) mass is 220 g/mol. The van der Waals surface area contributed by atoms with Crippen molar-refractivity contribution in [2.75, 3.05) is 26.2 Å². The number of hydrogen-bond donors (Lipinski definition) is 1. The number of nitrogens with zero attached hydrogens (tertiary/aromatic N) is 2. The van der Waals surface area contributed by atoms with Crippen molar-refractivity contribution in [3.63, 3.8) is 0 Å². The van der Waals surface area contributed by atoms with Gasteiger partial charge in [-0.05, 0) is 12.8 Å². The van der Waals surface area contributed by atoms with Crippen LogP contribution in [0.25, 0.3) is 0 Å². The number of aliphatic hydroxyl groups is 1. The number of hydrazine groups is 1. The maximum absolute atomic E-state index is 13.2. The molecule has 88 valence electrons. The quantitative estimate of drug-likeness (QED) is 0.754. The van der Waals surface area contributed by atoms with Crippen molar-refractivity contribution in [2.45, 2.75) is 37.6 Å². The molecule has 0 bridgehead atoms. The summed E-state index contributed by atoms with van der Waals surface area (Å²) in [5, 5.41) is 12.8. The fraction of sp³-hybridized carbons (Fsp3) is 1.00. The highest BCUT2D eigenvalue weighted by Crippen LogP contribution is 2.33. The van der Waals surface area contributed by atoms with Crippen LogP contribution in [0.15, 0.2) is 0 Å². The van der Waals surface area contributed by atoms with Crippen LogP contribution in [0.2, 0.25) is 0 Å². The lowest BCUT2D eigenvalue weighted by Gasteiger charge is -2.37. The third-order valence-corrected chi connectivity index (χ3v) is 3.26. The van der Waals surface area contributed by atoms with Gasteiger partial charge in [-0.1, -0.05) is 6.42 Å². The van der Waals surface area contributed by atoms with E-state index in [0.29, 0.717) is 0 Å². The van der Waals surface area contributed by atoms with Gasteiger partial charge in [-0.25, -0.2) is 18.8 Å². The summed E-state index contributed by atoms with van der Waals surface area (Å²) in [6.07, 6.45) is 3.12. The van der Waals surface area contributed by atoms with Gasteiger partial charge < -0.3 is 5.11 Å². The molecule has 0 spiro atoms. The van der Waals surface area contributed by atoms with Gasteiger partial charge in [0.05, 0.1) is 19.2 Å². The van der Waals surface area contributed by atoms with Crippen molar-refractivity contribution in [1.82, 2.24) is 10.0 Å². The fourth-order valence-corrected chi connectivity index (χ4v) is 2.50. The molecule has 2 saturated heterocycles. The van der Waals surface area contributed by atoms with E-state index in [4.69, 9.17) is 5.11 Å². The van der Waals surface area contributed by atoms with E-state index in [1.54, 1.807) is 5.01 Å². The second-order valence-electron chi connectivity index (χ2n) is 4.51. The van der Waals surface area contributed by atoms with Crippen LogP contribution in [-0.2, 0) is 0 Å². The molecule has 0 saturated carbocycles. The van der Waals surface area contributed by atoms with Gasteiger partial charge in [0.15, 0.2) is 0 Å². The fourth-order valence-electron chi connectivity index (χ4n) is 2.50. The standard InChI is InChI=1S/C10H18F2N2O/c11-10(12)6-9(7-15)14(8-10)13-4-2-1-3-5-13/h9,15H,1-8H2/t9-/m1/s1. The Balaban J connectivity index is 2.00. The van der Waals surface area contributed by atoms with Gasteiger partial charge >= 0.3 is 0 Å². The molecular weight excluding hydrogens is 202 g/mol. The molecule has 2 rings (SSSR count). The molecule has 0 aromatic rings. The second kappa shape index (κ2) is 4.31. The first-order chi connectivity index (χ1) is 7.12. The van der Waals surface area contributed by atoms with Gasteiger partial charge in [0.1, 0.15) is 0 Å².